The van der Waals surface area contributed by atoms with E-state index >= 15 is 0 Å². The molecule has 5 nitrogen and oxygen atoms in total. The molecule has 1 unspecified atom stereocenters. The summed E-state index contributed by atoms with van der Waals surface area (Å²) in [4.78, 5) is 22.0. The van der Waals surface area contributed by atoms with Crippen molar-refractivity contribution < 1.29 is 9.53 Å². The first-order valence-corrected chi connectivity index (χ1v) is 11.3. The van der Waals surface area contributed by atoms with Crippen molar-refractivity contribution in [1.82, 2.24) is 14.9 Å². The molecule has 158 valence electrons. The zero-order chi connectivity index (χ0) is 20.8. The Morgan fingerprint density at radius 1 is 0.903 bits per heavy atom. The summed E-state index contributed by atoms with van der Waals surface area (Å²) in [6, 6.07) is 17.1. The number of carbonyl (C=O) groups is 1. The Morgan fingerprint density at radius 3 is 2.03 bits per heavy atom. The number of likely N-dealkylation sites (tertiary alicyclic amines) is 1. The normalized spacial score (nSPS) is 21.2. The van der Waals surface area contributed by atoms with Gasteiger partial charge in [0.2, 0.25) is 0 Å². The summed E-state index contributed by atoms with van der Waals surface area (Å²) in [6.07, 6.45) is 7.76. The van der Waals surface area contributed by atoms with E-state index < -0.39 is 0 Å². The number of aromatic nitrogens is 2. The minimum absolute atomic E-state index is 0.146. The molecule has 1 atom stereocenters. The molecule has 0 aliphatic carbocycles. The fraction of sp³-hybridized carbons (Fsp3) is 0.346. The number of nitrogens with zero attached hydrogens (tertiary/aromatic N) is 1. The number of hydrogen-bond acceptors (Lipinski definition) is 2. The predicted octanol–water partition coefficient (Wildman–Crippen LogP) is 4.74. The second kappa shape index (κ2) is 7.27. The van der Waals surface area contributed by atoms with E-state index in [4.69, 9.17) is 4.74 Å². The third-order valence-electron chi connectivity index (χ3n) is 7.34. The summed E-state index contributed by atoms with van der Waals surface area (Å²) >= 11 is 0. The summed E-state index contributed by atoms with van der Waals surface area (Å²) in [5.74, 6) is 0.170. The molecule has 6 rings (SSSR count). The molecule has 2 aromatic heterocycles. The topological polar surface area (TPSA) is 61.1 Å². The molecule has 1 amide bonds. The van der Waals surface area contributed by atoms with E-state index in [2.05, 4.69) is 70.9 Å². The maximum absolute atomic E-state index is 13.0. The number of H-pyrrole nitrogens is 2. The van der Waals surface area contributed by atoms with Gasteiger partial charge in [0.15, 0.2) is 0 Å². The minimum Gasteiger partial charge on any atom is -0.368 e. The Balaban J connectivity index is 1.43. The van der Waals surface area contributed by atoms with E-state index in [0.29, 0.717) is 6.61 Å². The molecule has 5 heteroatoms. The summed E-state index contributed by atoms with van der Waals surface area (Å²) in [5.41, 5.74) is 4.84. The fourth-order valence-electron chi connectivity index (χ4n) is 5.70. The molecule has 2 aliphatic rings. The Bertz CT molecular complexity index is 1160. The van der Waals surface area contributed by atoms with Crippen molar-refractivity contribution in [2.45, 2.75) is 37.2 Å². The summed E-state index contributed by atoms with van der Waals surface area (Å²) in [7, 11) is 0. The molecule has 2 fully saturated rings. The van der Waals surface area contributed by atoms with Crippen molar-refractivity contribution in [3.8, 4) is 0 Å². The van der Waals surface area contributed by atoms with E-state index in [-0.39, 0.29) is 17.4 Å². The first kappa shape index (κ1) is 18.7. The van der Waals surface area contributed by atoms with Crippen LogP contribution in [0.3, 0.4) is 0 Å². The van der Waals surface area contributed by atoms with Gasteiger partial charge >= 0.3 is 0 Å². The Morgan fingerprint density at radius 2 is 1.48 bits per heavy atom. The smallest absolute Gasteiger partial charge is 0.251 e. The van der Waals surface area contributed by atoms with E-state index in [1.54, 1.807) is 0 Å². The van der Waals surface area contributed by atoms with Crippen LogP contribution in [-0.4, -0.2) is 46.6 Å². The Hall–Kier alpha value is -3.05. The highest BCUT2D eigenvalue weighted by Crippen LogP contribution is 2.47. The van der Waals surface area contributed by atoms with Crippen LogP contribution in [0.5, 0.6) is 0 Å². The second-order valence-electron chi connectivity index (χ2n) is 8.90. The number of hydrogen-bond donors (Lipinski definition) is 2. The van der Waals surface area contributed by atoms with Gasteiger partial charge < -0.3 is 19.6 Å². The van der Waals surface area contributed by atoms with Gasteiger partial charge in [-0.2, -0.15) is 0 Å². The second-order valence-corrected chi connectivity index (χ2v) is 8.90. The SMILES string of the molecule is O=C(C1CCCO1)N1CCC(c2c[nH]c3ccccc23)(c2c[nH]c3ccccc23)CC1. The zero-order valence-corrected chi connectivity index (χ0v) is 17.6. The van der Waals surface area contributed by atoms with E-state index in [1.165, 1.54) is 21.9 Å². The van der Waals surface area contributed by atoms with Crippen LogP contribution in [0.2, 0.25) is 0 Å². The fourth-order valence-corrected chi connectivity index (χ4v) is 5.70. The molecule has 2 aromatic carbocycles. The first-order chi connectivity index (χ1) is 15.3. The van der Waals surface area contributed by atoms with Gasteiger partial charge in [-0.15, -0.1) is 0 Å². The van der Waals surface area contributed by atoms with Gasteiger partial charge in [-0.3, -0.25) is 4.79 Å². The molecule has 2 aliphatic heterocycles. The number of fused-ring (bicyclic) bond motifs is 2. The standard InChI is InChI=1S/C26H27N3O2/c30-25(24-10-5-15-31-24)29-13-11-26(12-14-29,20-16-27-22-8-3-1-6-18(20)22)21-17-28-23-9-4-2-7-19(21)23/h1-4,6-9,16-17,24,27-28H,5,10-15H2. The quantitative estimate of drug-likeness (QED) is 0.510. The van der Waals surface area contributed by atoms with Gasteiger partial charge in [0, 0.05) is 59.3 Å². The van der Waals surface area contributed by atoms with Crippen molar-refractivity contribution >= 4 is 27.7 Å². The molecule has 0 saturated carbocycles. The maximum Gasteiger partial charge on any atom is 0.251 e. The van der Waals surface area contributed by atoms with E-state index in [1.807, 2.05) is 4.90 Å². The molecule has 0 radical (unpaired) electrons. The lowest BCUT2D eigenvalue weighted by molar-refractivity contribution is -0.142. The van der Waals surface area contributed by atoms with E-state index in [0.717, 1.165) is 49.8 Å². The summed E-state index contributed by atoms with van der Waals surface area (Å²) in [6.45, 7) is 2.20. The number of rotatable bonds is 3. The molecule has 4 heterocycles. The highest BCUT2D eigenvalue weighted by atomic mass is 16.5. The predicted molar refractivity (Wildman–Crippen MR) is 122 cm³/mol. The highest BCUT2D eigenvalue weighted by Gasteiger charge is 2.43. The number of piperidine rings is 1. The van der Waals surface area contributed by atoms with Gasteiger partial charge in [-0.05, 0) is 48.9 Å². The van der Waals surface area contributed by atoms with Crippen LogP contribution in [0, 0.1) is 0 Å². The molecule has 2 N–H and O–H groups in total. The number of aromatic amines is 2. The van der Waals surface area contributed by atoms with Gasteiger partial charge in [0.05, 0.1) is 0 Å². The van der Waals surface area contributed by atoms with Crippen LogP contribution in [0.15, 0.2) is 60.9 Å². The molecule has 0 bridgehead atoms. The molecule has 4 aromatic rings. The van der Waals surface area contributed by atoms with Crippen molar-refractivity contribution in [2.75, 3.05) is 19.7 Å². The number of carbonyl (C=O) groups excluding carboxylic acids is 1. The number of benzene rings is 2. The average Bonchev–Trinajstić information content (AvgIpc) is 3.58. The monoisotopic (exact) mass is 413 g/mol. The Labute approximate surface area is 181 Å². The number of ether oxygens (including phenoxy) is 1. The molecule has 2 saturated heterocycles. The van der Waals surface area contributed by atoms with Crippen LogP contribution >= 0.6 is 0 Å². The Kier molecular flexibility index (Phi) is 4.39. The maximum atomic E-state index is 13.0. The van der Waals surface area contributed by atoms with Crippen molar-refractivity contribution in [2.24, 2.45) is 0 Å². The van der Waals surface area contributed by atoms with Crippen LogP contribution in [0.25, 0.3) is 21.8 Å². The van der Waals surface area contributed by atoms with Crippen LogP contribution in [-0.2, 0) is 14.9 Å². The largest absolute Gasteiger partial charge is 0.368 e. The third-order valence-corrected chi connectivity index (χ3v) is 7.34. The van der Waals surface area contributed by atoms with Gasteiger partial charge in [0.25, 0.3) is 5.91 Å². The van der Waals surface area contributed by atoms with Crippen molar-refractivity contribution in [3.63, 3.8) is 0 Å². The highest BCUT2D eigenvalue weighted by molar-refractivity contribution is 5.89. The first-order valence-electron chi connectivity index (χ1n) is 11.3. The lowest BCUT2D eigenvalue weighted by Crippen LogP contribution is -2.48. The number of amides is 1. The molecular formula is C26H27N3O2. The number of para-hydroxylation sites is 2. The van der Waals surface area contributed by atoms with Gasteiger partial charge in [-0.25, -0.2) is 0 Å². The van der Waals surface area contributed by atoms with Gasteiger partial charge in [-0.1, -0.05) is 36.4 Å². The van der Waals surface area contributed by atoms with Crippen molar-refractivity contribution in [1.29, 1.82) is 0 Å². The van der Waals surface area contributed by atoms with Crippen molar-refractivity contribution in [3.05, 3.63) is 72.1 Å². The summed E-state index contributed by atoms with van der Waals surface area (Å²) in [5, 5.41) is 2.54. The van der Waals surface area contributed by atoms with E-state index in [9.17, 15) is 4.79 Å². The minimum atomic E-state index is -0.242. The lowest BCUT2D eigenvalue weighted by Gasteiger charge is -2.42. The molecule has 31 heavy (non-hydrogen) atoms. The van der Waals surface area contributed by atoms with Crippen LogP contribution in [0.4, 0.5) is 0 Å². The average molecular weight is 414 g/mol. The van der Waals surface area contributed by atoms with Gasteiger partial charge in [0.1, 0.15) is 6.10 Å². The zero-order valence-electron chi connectivity index (χ0n) is 17.6. The lowest BCUT2D eigenvalue weighted by atomic mass is 9.68. The third kappa shape index (κ3) is 2.91. The van der Waals surface area contributed by atoms with Crippen LogP contribution in [0.1, 0.15) is 36.8 Å². The number of nitrogens with one attached hydrogen (secondary N) is 2. The molecular weight excluding hydrogens is 386 g/mol. The van der Waals surface area contributed by atoms with Crippen LogP contribution < -0.4 is 0 Å². The molecule has 0 spiro atoms. The summed E-state index contributed by atoms with van der Waals surface area (Å²) < 4.78 is 5.68.